The van der Waals surface area contributed by atoms with Crippen LogP contribution in [0.1, 0.15) is 42.4 Å². The van der Waals surface area contributed by atoms with Crippen LogP contribution >= 0.6 is 19.4 Å². The Hall–Kier alpha value is -3.19. The van der Waals surface area contributed by atoms with E-state index in [1.54, 1.807) is 31.2 Å². The number of fused-ring (bicyclic) bond motifs is 1. The Labute approximate surface area is 232 Å². The van der Waals surface area contributed by atoms with E-state index in [0.29, 0.717) is 16.1 Å². The van der Waals surface area contributed by atoms with Crippen LogP contribution < -0.4 is 4.72 Å². The summed E-state index contributed by atoms with van der Waals surface area (Å²) in [5, 5.41) is 0.568. The molecule has 1 unspecified atom stereocenters. The predicted octanol–water partition coefficient (Wildman–Crippen LogP) is 5.65. The first kappa shape index (κ1) is 29.8. The third kappa shape index (κ3) is 6.41. The molecule has 2 aromatic carbocycles. The van der Waals surface area contributed by atoms with Crippen molar-refractivity contribution in [2.45, 2.75) is 26.5 Å². The summed E-state index contributed by atoms with van der Waals surface area (Å²) in [5.74, 6) is -4.15. The molecule has 0 saturated heterocycles. The van der Waals surface area contributed by atoms with Crippen molar-refractivity contribution in [3.63, 3.8) is 0 Å². The van der Waals surface area contributed by atoms with Crippen LogP contribution in [0.5, 0.6) is 0 Å². The van der Waals surface area contributed by atoms with Gasteiger partial charge in [-0.2, -0.15) is 0 Å². The van der Waals surface area contributed by atoms with E-state index in [2.05, 4.69) is 4.98 Å². The molecule has 40 heavy (non-hydrogen) atoms. The number of nitrogens with one attached hydrogen (secondary N) is 1. The van der Waals surface area contributed by atoms with Gasteiger partial charge in [-0.15, -0.1) is 0 Å². The second-order valence-corrected chi connectivity index (χ2v) is 12.3. The number of ketones is 1. The summed E-state index contributed by atoms with van der Waals surface area (Å²) >= 11 is 5.96. The predicted molar refractivity (Wildman–Crippen MR) is 146 cm³/mol. The largest absolute Gasteiger partial charge is 0.471 e. The lowest BCUT2D eigenvalue weighted by Crippen LogP contribution is -2.18. The smallest absolute Gasteiger partial charge is 0.305 e. The number of halogens is 3. The average Bonchev–Trinajstić information content (AvgIpc) is 3.24. The van der Waals surface area contributed by atoms with Crippen LogP contribution in [0.2, 0.25) is 5.02 Å². The first-order valence-corrected chi connectivity index (χ1v) is 15.3. The molecular formula is C25H23ClF2N3O7PS. The van der Waals surface area contributed by atoms with Gasteiger partial charge in [0, 0.05) is 28.4 Å². The molecule has 2 aromatic heterocycles. The Morgan fingerprint density at radius 1 is 1.18 bits per heavy atom. The van der Waals surface area contributed by atoms with Crippen molar-refractivity contribution < 1.29 is 40.9 Å². The van der Waals surface area contributed by atoms with Crippen LogP contribution in [0.3, 0.4) is 0 Å². The number of aromatic nitrogens is 2. The van der Waals surface area contributed by atoms with Crippen molar-refractivity contribution in [2.24, 2.45) is 0 Å². The summed E-state index contributed by atoms with van der Waals surface area (Å²) < 4.78 is 74.1. The Bertz CT molecular complexity index is 1760. The minimum Gasteiger partial charge on any atom is -0.305 e. The zero-order chi connectivity index (χ0) is 29.4. The number of phosphoric acid groups is 1. The van der Waals surface area contributed by atoms with Gasteiger partial charge in [-0.25, -0.2) is 26.7 Å². The van der Waals surface area contributed by atoms with Crippen LogP contribution in [0.4, 0.5) is 14.5 Å². The van der Waals surface area contributed by atoms with Crippen molar-refractivity contribution in [1.29, 1.82) is 0 Å². The molecule has 3 N–H and O–H groups in total. The van der Waals surface area contributed by atoms with Gasteiger partial charge in [-0.05, 0) is 49.2 Å². The number of anilines is 1. The summed E-state index contributed by atoms with van der Waals surface area (Å²) in [4.78, 5) is 36.5. The lowest BCUT2D eigenvalue weighted by atomic mass is 10.00. The zero-order valence-corrected chi connectivity index (χ0v) is 23.5. The maximum absolute atomic E-state index is 15.5. The summed E-state index contributed by atoms with van der Waals surface area (Å²) in [6.07, 6.45) is 1.44. The fourth-order valence-electron chi connectivity index (χ4n) is 4.10. The number of hydrogen-bond donors (Lipinski definition) is 3. The molecule has 0 aliphatic heterocycles. The monoisotopic (exact) mass is 613 g/mol. The number of pyridine rings is 1. The lowest BCUT2D eigenvalue weighted by molar-refractivity contribution is 0.100. The van der Waals surface area contributed by atoms with Gasteiger partial charge in [0.25, 0.3) is 0 Å². The van der Waals surface area contributed by atoms with E-state index >= 15 is 4.39 Å². The number of phosphoric ester groups is 1. The number of carbonyl (C=O) groups excluding carboxylic acids is 1. The van der Waals surface area contributed by atoms with Crippen molar-refractivity contribution >= 4 is 52.0 Å². The van der Waals surface area contributed by atoms with Crippen LogP contribution in [-0.4, -0.2) is 39.3 Å². The van der Waals surface area contributed by atoms with Gasteiger partial charge in [-0.1, -0.05) is 30.7 Å². The number of hydrogen-bond acceptors (Lipinski definition) is 6. The number of rotatable bonds is 10. The third-order valence-electron chi connectivity index (χ3n) is 5.83. The molecule has 1 atom stereocenters. The quantitative estimate of drug-likeness (QED) is 0.154. The fourth-order valence-corrected chi connectivity index (χ4v) is 5.86. The second-order valence-electron chi connectivity index (χ2n) is 8.78. The standard InChI is InChI=1S/C25H23ClF2N3O7PS/c1-3-10-40(36,37)30-21-9-8-20(27)22(23(21)28)24(32)19-13-31(14(2)38-39(33,34)35)25-18(19)11-16(12-29-25)15-4-6-17(26)7-5-15/h4-9,11-14,30H,3,10H2,1-2H3,(H2,33,34,35). The molecule has 4 rings (SSSR count). The summed E-state index contributed by atoms with van der Waals surface area (Å²) in [6.45, 7) is 2.89. The number of sulfonamides is 1. The summed E-state index contributed by atoms with van der Waals surface area (Å²) in [5.41, 5.74) is -0.736. The minimum atomic E-state index is -4.98. The summed E-state index contributed by atoms with van der Waals surface area (Å²) in [6, 6.07) is 9.78. The van der Waals surface area contributed by atoms with Crippen LogP contribution in [-0.2, 0) is 19.1 Å². The molecule has 0 bridgehead atoms. The molecule has 0 amide bonds. The molecule has 2 heterocycles. The molecule has 0 aliphatic carbocycles. The van der Waals surface area contributed by atoms with Gasteiger partial charge in [-0.3, -0.25) is 14.0 Å². The highest BCUT2D eigenvalue weighted by atomic mass is 35.5. The van der Waals surface area contributed by atoms with Crippen molar-refractivity contribution in [3.8, 4) is 11.1 Å². The topological polar surface area (TPSA) is 148 Å². The summed E-state index contributed by atoms with van der Waals surface area (Å²) in [7, 11) is -8.94. The lowest BCUT2D eigenvalue weighted by Gasteiger charge is -2.16. The Morgan fingerprint density at radius 2 is 1.85 bits per heavy atom. The molecule has 212 valence electrons. The maximum atomic E-state index is 15.5. The molecular weight excluding hydrogens is 591 g/mol. The zero-order valence-electron chi connectivity index (χ0n) is 21.0. The van der Waals surface area contributed by atoms with Gasteiger partial charge in [0.15, 0.2) is 5.82 Å². The highest BCUT2D eigenvalue weighted by Gasteiger charge is 2.29. The van der Waals surface area contributed by atoms with Crippen LogP contribution in [0.15, 0.2) is 54.9 Å². The Balaban J connectivity index is 1.90. The second kappa shape index (κ2) is 11.4. The van der Waals surface area contributed by atoms with Gasteiger partial charge >= 0.3 is 7.82 Å². The molecule has 0 fully saturated rings. The van der Waals surface area contributed by atoms with Crippen molar-refractivity contribution in [3.05, 3.63) is 82.6 Å². The Kier molecular flexibility index (Phi) is 8.46. The van der Waals surface area contributed by atoms with Gasteiger partial charge < -0.3 is 14.4 Å². The molecule has 10 nitrogen and oxygen atoms in total. The van der Waals surface area contributed by atoms with Crippen LogP contribution in [0.25, 0.3) is 22.2 Å². The van der Waals surface area contributed by atoms with Gasteiger partial charge in [0.2, 0.25) is 15.8 Å². The average molecular weight is 614 g/mol. The van der Waals surface area contributed by atoms with Gasteiger partial charge in [0.05, 0.1) is 22.6 Å². The SMILES string of the molecule is CCCS(=O)(=O)Nc1ccc(F)c(C(=O)c2cn(C(C)OP(=O)(O)O)c3ncc(-c4ccc(Cl)cc4)cc23)c1F. The van der Waals surface area contributed by atoms with Crippen molar-refractivity contribution in [2.75, 3.05) is 10.5 Å². The van der Waals surface area contributed by atoms with E-state index < -0.39 is 52.7 Å². The van der Waals surface area contributed by atoms with E-state index in [0.717, 1.165) is 22.9 Å². The van der Waals surface area contributed by atoms with E-state index in [1.807, 2.05) is 4.72 Å². The number of nitrogens with zero attached hydrogens (tertiary/aromatic N) is 2. The maximum Gasteiger partial charge on any atom is 0.471 e. The van der Waals surface area contributed by atoms with E-state index in [9.17, 15) is 32.0 Å². The van der Waals surface area contributed by atoms with E-state index in [1.165, 1.54) is 19.2 Å². The molecule has 0 aliphatic rings. The minimum absolute atomic E-state index is 0.0302. The first-order chi connectivity index (χ1) is 18.7. The first-order valence-electron chi connectivity index (χ1n) is 11.7. The van der Waals surface area contributed by atoms with Crippen molar-refractivity contribution in [1.82, 2.24) is 9.55 Å². The molecule has 0 spiro atoms. The van der Waals surface area contributed by atoms with E-state index in [4.69, 9.17) is 16.1 Å². The normalized spacial score (nSPS) is 13.0. The van der Waals surface area contributed by atoms with Gasteiger partial charge in [0.1, 0.15) is 17.7 Å². The molecule has 0 radical (unpaired) electrons. The fraction of sp³-hybridized carbons (Fsp3) is 0.200. The number of benzene rings is 2. The highest BCUT2D eigenvalue weighted by Crippen LogP contribution is 2.42. The third-order valence-corrected chi connectivity index (χ3v) is 8.14. The Morgan fingerprint density at radius 3 is 2.48 bits per heavy atom. The number of carbonyl (C=O) groups is 1. The molecule has 0 saturated carbocycles. The molecule has 15 heteroatoms. The van der Waals surface area contributed by atoms with E-state index in [-0.39, 0.29) is 28.8 Å². The highest BCUT2D eigenvalue weighted by molar-refractivity contribution is 7.92. The van der Waals surface area contributed by atoms with Crippen LogP contribution in [0, 0.1) is 11.6 Å². The molecule has 4 aromatic rings.